The summed E-state index contributed by atoms with van der Waals surface area (Å²) in [5, 5.41) is 10.6. The maximum Gasteiger partial charge on any atom is 0.123 e. The van der Waals surface area contributed by atoms with Gasteiger partial charge in [0, 0.05) is 24.4 Å². The fraction of sp³-hybridized carbons (Fsp3) is 0.308. The van der Waals surface area contributed by atoms with Crippen LogP contribution in [0, 0.1) is 0 Å². The average Bonchev–Trinajstić information content (AvgIpc) is 2.95. The molecule has 1 heterocycles. The van der Waals surface area contributed by atoms with Crippen molar-refractivity contribution >= 4 is 0 Å². The van der Waals surface area contributed by atoms with Crippen molar-refractivity contribution in [3.63, 3.8) is 0 Å². The predicted molar refractivity (Wildman–Crippen MR) is 119 cm³/mol. The molecule has 1 aliphatic rings. The van der Waals surface area contributed by atoms with Crippen LogP contribution in [-0.4, -0.2) is 36.4 Å². The highest BCUT2D eigenvalue weighted by molar-refractivity contribution is 5.46. The van der Waals surface area contributed by atoms with Crippen LogP contribution in [0.25, 0.3) is 0 Å². The summed E-state index contributed by atoms with van der Waals surface area (Å²) in [6.07, 6.45) is 0.929. The minimum atomic E-state index is -0.541. The van der Waals surface area contributed by atoms with E-state index in [-0.39, 0.29) is 5.92 Å². The van der Waals surface area contributed by atoms with Crippen LogP contribution in [-0.2, 0) is 6.61 Å². The Morgan fingerprint density at radius 3 is 2.50 bits per heavy atom. The summed E-state index contributed by atoms with van der Waals surface area (Å²) in [5.41, 5.74) is 3.77. The molecule has 2 atom stereocenters. The number of aliphatic hydroxyl groups excluding tert-OH is 1. The molecular formula is C26H29NO3. The zero-order chi connectivity index (χ0) is 20.8. The number of ether oxygens (including phenoxy) is 2. The van der Waals surface area contributed by atoms with E-state index >= 15 is 0 Å². The topological polar surface area (TPSA) is 41.9 Å². The van der Waals surface area contributed by atoms with Gasteiger partial charge in [-0.15, -0.1) is 0 Å². The van der Waals surface area contributed by atoms with Crippen molar-refractivity contribution in [1.82, 2.24) is 4.90 Å². The molecule has 0 saturated carbocycles. The third-order valence-electron chi connectivity index (χ3n) is 5.78. The molecule has 0 aromatic heterocycles. The fourth-order valence-corrected chi connectivity index (χ4v) is 4.04. The lowest BCUT2D eigenvalue weighted by atomic mass is 9.86. The maximum atomic E-state index is 10.6. The van der Waals surface area contributed by atoms with Crippen LogP contribution >= 0.6 is 0 Å². The highest BCUT2D eigenvalue weighted by Gasteiger charge is 2.25. The molecule has 0 aliphatic carbocycles. The average molecular weight is 404 g/mol. The second-order valence-corrected chi connectivity index (χ2v) is 7.78. The lowest BCUT2D eigenvalue weighted by molar-refractivity contribution is 0.00525. The van der Waals surface area contributed by atoms with Gasteiger partial charge in [0.2, 0.25) is 0 Å². The van der Waals surface area contributed by atoms with Crippen molar-refractivity contribution in [1.29, 1.82) is 0 Å². The first kappa shape index (κ1) is 20.5. The van der Waals surface area contributed by atoms with Gasteiger partial charge in [0.15, 0.2) is 0 Å². The SMILES string of the molecule is CN(CCC1c2ccccc2COc2ccccc21)C(O)CCOc1ccccc1. The third kappa shape index (κ3) is 4.84. The predicted octanol–water partition coefficient (Wildman–Crippen LogP) is 4.82. The highest BCUT2D eigenvalue weighted by atomic mass is 16.5. The van der Waals surface area contributed by atoms with Crippen LogP contribution in [0.5, 0.6) is 11.5 Å². The smallest absolute Gasteiger partial charge is 0.123 e. The molecule has 0 bridgehead atoms. The maximum absolute atomic E-state index is 10.6. The van der Waals surface area contributed by atoms with Gasteiger partial charge in [0.05, 0.1) is 6.61 Å². The Morgan fingerprint density at radius 2 is 1.67 bits per heavy atom. The number of fused-ring (bicyclic) bond motifs is 2. The fourth-order valence-electron chi connectivity index (χ4n) is 4.04. The van der Waals surface area contributed by atoms with E-state index in [4.69, 9.17) is 9.47 Å². The van der Waals surface area contributed by atoms with Gasteiger partial charge in [-0.1, -0.05) is 60.7 Å². The number of hydrogen-bond donors (Lipinski definition) is 1. The summed E-state index contributed by atoms with van der Waals surface area (Å²) >= 11 is 0. The van der Waals surface area contributed by atoms with Gasteiger partial charge in [-0.3, -0.25) is 4.90 Å². The number of aliphatic hydroxyl groups is 1. The van der Waals surface area contributed by atoms with Crippen molar-refractivity contribution in [2.45, 2.75) is 31.6 Å². The van der Waals surface area contributed by atoms with Crippen LogP contribution in [0.3, 0.4) is 0 Å². The molecule has 1 aliphatic heterocycles. The number of para-hydroxylation sites is 2. The summed E-state index contributed by atoms with van der Waals surface area (Å²) in [6, 6.07) is 26.5. The zero-order valence-electron chi connectivity index (χ0n) is 17.4. The first-order valence-electron chi connectivity index (χ1n) is 10.6. The van der Waals surface area contributed by atoms with Gasteiger partial charge in [-0.2, -0.15) is 0 Å². The van der Waals surface area contributed by atoms with E-state index < -0.39 is 6.23 Å². The molecule has 0 radical (unpaired) electrons. The molecule has 4 heteroatoms. The van der Waals surface area contributed by atoms with E-state index in [0.29, 0.717) is 19.6 Å². The monoisotopic (exact) mass is 403 g/mol. The Balaban J connectivity index is 1.39. The van der Waals surface area contributed by atoms with Crippen LogP contribution in [0.15, 0.2) is 78.9 Å². The molecule has 3 aromatic carbocycles. The summed E-state index contributed by atoms with van der Waals surface area (Å²) in [4.78, 5) is 2.01. The molecular weight excluding hydrogens is 374 g/mol. The Morgan fingerprint density at radius 1 is 0.967 bits per heavy atom. The number of hydrogen-bond acceptors (Lipinski definition) is 4. The van der Waals surface area contributed by atoms with E-state index in [1.54, 1.807) is 0 Å². The quantitative estimate of drug-likeness (QED) is 0.548. The van der Waals surface area contributed by atoms with Gasteiger partial charge in [-0.05, 0) is 42.8 Å². The highest BCUT2D eigenvalue weighted by Crippen LogP contribution is 2.39. The third-order valence-corrected chi connectivity index (χ3v) is 5.78. The van der Waals surface area contributed by atoms with Gasteiger partial charge < -0.3 is 14.6 Å². The van der Waals surface area contributed by atoms with Crippen molar-refractivity contribution < 1.29 is 14.6 Å². The molecule has 1 N–H and O–H groups in total. The Hall–Kier alpha value is -2.82. The minimum Gasteiger partial charge on any atom is -0.493 e. The van der Waals surface area contributed by atoms with Crippen molar-refractivity contribution in [3.8, 4) is 11.5 Å². The van der Waals surface area contributed by atoms with Crippen molar-refractivity contribution in [2.24, 2.45) is 0 Å². The van der Waals surface area contributed by atoms with Gasteiger partial charge >= 0.3 is 0 Å². The van der Waals surface area contributed by atoms with E-state index in [1.165, 1.54) is 16.7 Å². The van der Waals surface area contributed by atoms with Crippen LogP contribution in [0.4, 0.5) is 0 Å². The van der Waals surface area contributed by atoms with Crippen LogP contribution < -0.4 is 9.47 Å². The molecule has 0 spiro atoms. The number of benzene rings is 3. The Labute approximate surface area is 178 Å². The molecule has 0 saturated heterocycles. The number of rotatable bonds is 8. The molecule has 2 unspecified atom stereocenters. The molecule has 4 rings (SSSR count). The molecule has 0 amide bonds. The lowest BCUT2D eigenvalue weighted by Crippen LogP contribution is -2.34. The zero-order valence-corrected chi connectivity index (χ0v) is 17.4. The summed E-state index contributed by atoms with van der Waals surface area (Å²) < 4.78 is 11.8. The van der Waals surface area contributed by atoms with Gasteiger partial charge in [0.25, 0.3) is 0 Å². The van der Waals surface area contributed by atoms with Gasteiger partial charge in [0.1, 0.15) is 24.3 Å². The van der Waals surface area contributed by atoms with Crippen molar-refractivity contribution in [2.75, 3.05) is 20.2 Å². The lowest BCUT2D eigenvalue weighted by Gasteiger charge is -2.26. The first-order chi connectivity index (χ1) is 14.7. The molecule has 156 valence electrons. The Kier molecular flexibility index (Phi) is 6.67. The largest absolute Gasteiger partial charge is 0.493 e. The minimum absolute atomic E-state index is 0.245. The standard InChI is InChI=1S/C26H29NO3/c1-27(26(28)16-18-29-21-10-3-2-4-11-21)17-15-23-22-12-6-5-9-20(22)19-30-25-14-8-7-13-24(23)25/h2-14,23,26,28H,15-19H2,1H3. The van der Waals surface area contributed by atoms with Gasteiger partial charge in [-0.25, -0.2) is 0 Å². The molecule has 0 fully saturated rings. The first-order valence-corrected chi connectivity index (χ1v) is 10.6. The molecule has 30 heavy (non-hydrogen) atoms. The van der Waals surface area contributed by atoms with E-state index in [2.05, 4.69) is 36.4 Å². The van der Waals surface area contributed by atoms with E-state index in [1.807, 2.05) is 54.4 Å². The molecule has 4 nitrogen and oxygen atoms in total. The summed E-state index contributed by atoms with van der Waals surface area (Å²) in [5.74, 6) is 2.03. The normalized spacial score (nSPS) is 16.2. The van der Waals surface area contributed by atoms with E-state index in [9.17, 15) is 5.11 Å². The Bertz CT molecular complexity index is 896. The second kappa shape index (κ2) is 9.79. The van der Waals surface area contributed by atoms with Crippen LogP contribution in [0.2, 0.25) is 0 Å². The summed E-state index contributed by atoms with van der Waals surface area (Å²) in [7, 11) is 1.97. The second-order valence-electron chi connectivity index (χ2n) is 7.78. The number of nitrogens with zero attached hydrogens (tertiary/aromatic N) is 1. The van der Waals surface area contributed by atoms with E-state index in [0.717, 1.165) is 24.5 Å². The van der Waals surface area contributed by atoms with Crippen LogP contribution in [0.1, 0.15) is 35.4 Å². The molecule has 3 aromatic rings. The van der Waals surface area contributed by atoms with Crippen molar-refractivity contribution in [3.05, 3.63) is 95.6 Å². The summed E-state index contributed by atoms with van der Waals surface area (Å²) in [6.45, 7) is 1.86.